The second kappa shape index (κ2) is 4.71. The van der Waals surface area contributed by atoms with E-state index in [0.717, 1.165) is 10.9 Å². The van der Waals surface area contributed by atoms with Crippen LogP contribution in [0, 0.1) is 5.82 Å². The minimum Gasteiger partial charge on any atom is -0.206 e. The molecule has 0 nitrogen and oxygen atoms in total. The van der Waals surface area contributed by atoms with Gasteiger partial charge in [-0.25, -0.2) is 4.39 Å². The van der Waals surface area contributed by atoms with Crippen molar-refractivity contribution < 1.29 is 4.39 Å². The van der Waals surface area contributed by atoms with Crippen LogP contribution in [0.4, 0.5) is 4.39 Å². The molecule has 0 aromatic heterocycles. The van der Waals surface area contributed by atoms with Crippen molar-refractivity contribution in [2.75, 3.05) is 0 Å². The van der Waals surface area contributed by atoms with Crippen LogP contribution in [0.25, 0.3) is 32.7 Å². The van der Waals surface area contributed by atoms with Gasteiger partial charge in [-0.1, -0.05) is 54.6 Å². The highest BCUT2D eigenvalue weighted by molar-refractivity contribution is 5.99. The van der Waals surface area contributed by atoms with Gasteiger partial charge in [-0.05, 0) is 51.4 Å². The van der Waals surface area contributed by atoms with E-state index in [1.165, 1.54) is 22.2 Å². The molecule has 0 atom stereocenters. The molecule has 1 heteroatoms. The molecule has 0 aliphatic carbocycles. The molecule has 0 aliphatic rings. The predicted octanol–water partition coefficient (Wildman–Crippen LogP) is 5.80. The topological polar surface area (TPSA) is 0 Å². The molecule has 0 spiro atoms. The molecule has 21 heavy (non-hydrogen) atoms. The molecule has 0 saturated heterocycles. The molecule has 0 unspecified atom stereocenters. The smallest absolute Gasteiger partial charge is 0.131 e. The summed E-state index contributed by atoms with van der Waals surface area (Å²) in [6, 6.07) is 25.6. The van der Waals surface area contributed by atoms with Crippen molar-refractivity contribution in [1.29, 1.82) is 0 Å². The molecule has 4 aromatic carbocycles. The minimum atomic E-state index is -0.183. The first-order chi connectivity index (χ1) is 10.3. The summed E-state index contributed by atoms with van der Waals surface area (Å²) in [6.45, 7) is 0. The third kappa shape index (κ3) is 2.07. The molecule has 4 aromatic rings. The zero-order valence-corrected chi connectivity index (χ0v) is 11.4. The van der Waals surface area contributed by atoms with E-state index >= 15 is 0 Å². The van der Waals surface area contributed by atoms with E-state index in [1.807, 2.05) is 30.3 Å². The van der Waals surface area contributed by atoms with Gasteiger partial charge < -0.3 is 0 Å². The molecule has 0 radical (unpaired) electrons. The average Bonchev–Trinajstić information content (AvgIpc) is 2.53. The summed E-state index contributed by atoms with van der Waals surface area (Å²) in [5.41, 5.74) is 1.56. The van der Waals surface area contributed by atoms with Crippen molar-refractivity contribution in [3.8, 4) is 11.1 Å². The van der Waals surface area contributed by atoms with Crippen LogP contribution >= 0.6 is 0 Å². The van der Waals surface area contributed by atoms with Gasteiger partial charge in [-0.2, -0.15) is 0 Å². The van der Waals surface area contributed by atoms with E-state index in [-0.39, 0.29) is 5.82 Å². The van der Waals surface area contributed by atoms with Gasteiger partial charge in [0.2, 0.25) is 0 Å². The lowest BCUT2D eigenvalue weighted by atomic mass is 9.98. The molecular formula is C20H13F. The van der Waals surface area contributed by atoms with Gasteiger partial charge in [0, 0.05) is 5.56 Å². The first kappa shape index (κ1) is 12.1. The fraction of sp³-hybridized carbons (Fsp3) is 0. The maximum Gasteiger partial charge on any atom is 0.131 e. The molecule has 4 rings (SSSR count). The fourth-order valence-corrected chi connectivity index (χ4v) is 2.80. The molecule has 0 N–H and O–H groups in total. The lowest BCUT2D eigenvalue weighted by Gasteiger charge is -2.07. The Balaban J connectivity index is 1.97. The third-order valence-electron chi connectivity index (χ3n) is 3.89. The Hall–Kier alpha value is -2.67. The Labute approximate surface area is 122 Å². The first-order valence-corrected chi connectivity index (χ1v) is 6.99. The van der Waals surface area contributed by atoms with Gasteiger partial charge >= 0.3 is 0 Å². The van der Waals surface area contributed by atoms with Crippen molar-refractivity contribution in [3.63, 3.8) is 0 Å². The van der Waals surface area contributed by atoms with Gasteiger partial charge in [0.15, 0.2) is 0 Å². The molecule has 100 valence electrons. The van der Waals surface area contributed by atoms with E-state index in [1.54, 1.807) is 6.07 Å². The third-order valence-corrected chi connectivity index (χ3v) is 3.89. The molecule has 0 bridgehead atoms. The van der Waals surface area contributed by atoms with Gasteiger partial charge in [0.1, 0.15) is 5.82 Å². The van der Waals surface area contributed by atoms with Crippen molar-refractivity contribution in [2.45, 2.75) is 0 Å². The highest BCUT2D eigenvalue weighted by Crippen LogP contribution is 2.29. The Morgan fingerprint density at radius 3 is 1.90 bits per heavy atom. The average molecular weight is 272 g/mol. The molecule has 0 aliphatic heterocycles. The highest BCUT2D eigenvalue weighted by Gasteiger charge is 2.05. The Bertz CT molecular complexity index is 954. The van der Waals surface area contributed by atoms with Gasteiger partial charge in [0.05, 0.1) is 0 Å². The number of fused-ring (bicyclic) bond motifs is 2. The number of rotatable bonds is 1. The van der Waals surface area contributed by atoms with Crippen molar-refractivity contribution in [3.05, 3.63) is 84.7 Å². The van der Waals surface area contributed by atoms with Crippen LogP contribution in [0.3, 0.4) is 0 Å². The monoisotopic (exact) mass is 272 g/mol. The lowest BCUT2D eigenvalue weighted by molar-refractivity contribution is 0.631. The number of hydrogen-bond donors (Lipinski definition) is 0. The van der Waals surface area contributed by atoms with E-state index in [9.17, 15) is 4.39 Å². The normalized spacial score (nSPS) is 11.1. The van der Waals surface area contributed by atoms with Gasteiger partial charge in [0.25, 0.3) is 0 Å². The first-order valence-electron chi connectivity index (χ1n) is 6.99. The zero-order chi connectivity index (χ0) is 14.2. The summed E-state index contributed by atoms with van der Waals surface area (Å²) in [5.74, 6) is -0.183. The van der Waals surface area contributed by atoms with E-state index in [2.05, 4.69) is 36.4 Å². The summed E-state index contributed by atoms with van der Waals surface area (Å²) in [7, 11) is 0. The van der Waals surface area contributed by atoms with Crippen LogP contribution in [0.1, 0.15) is 0 Å². The number of halogens is 1. The van der Waals surface area contributed by atoms with Crippen LogP contribution in [0.5, 0.6) is 0 Å². The standard InChI is InChI=1S/C20H13F/c21-20-8-4-3-7-19(20)17-10-9-16-11-14-5-1-2-6-15(14)12-18(16)13-17/h1-13H. The molecular weight excluding hydrogens is 259 g/mol. The van der Waals surface area contributed by atoms with Crippen molar-refractivity contribution in [1.82, 2.24) is 0 Å². The highest BCUT2D eigenvalue weighted by atomic mass is 19.1. The van der Waals surface area contributed by atoms with Gasteiger partial charge in [-0.3, -0.25) is 0 Å². The second-order valence-electron chi connectivity index (χ2n) is 5.24. The Morgan fingerprint density at radius 2 is 1.14 bits per heavy atom. The summed E-state index contributed by atoms with van der Waals surface area (Å²) in [6.07, 6.45) is 0. The lowest BCUT2D eigenvalue weighted by Crippen LogP contribution is -1.84. The largest absolute Gasteiger partial charge is 0.206 e. The van der Waals surface area contributed by atoms with Crippen LogP contribution in [0.15, 0.2) is 78.9 Å². The quantitative estimate of drug-likeness (QED) is 0.384. The van der Waals surface area contributed by atoms with Crippen LogP contribution in [-0.4, -0.2) is 0 Å². The molecule has 0 amide bonds. The molecule has 0 heterocycles. The molecule has 0 fully saturated rings. The van der Waals surface area contributed by atoms with Gasteiger partial charge in [-0.15, -0.1) is 0 Å². The Morgan fingerprint density at radius 1 is 0.524 bits per heavy atom. The Kier molecular flexibility index (Phi) is 2.71. The SMILES string of the molecule is Fc1ccccc1-c1ccc2cc3ccccc3cc2c1. The zero-order valence-electron chi connectivity index (χ0n) is 11.4. The van der Waals surface area contributed by atoms with Crippen LogP contribution < -0.4 is 0 Å². The maximum absolute atomic E-state index is 13.9. The summed E-state index contributed by atoms with van der Waals surface area (Å²) in [5, 5.41) is 4.74. The predicted molar refractivity (Wildman–Crippen MR) is 86.8 cm³/mol. The second-order valence-corrected chi connectivity index (χ2v) is 5.24. The van der Waals surface area contributed by atoms with E-state index in [4.69, 9.17) is 0 Å². The fourth-order valence-electron chi connectivity index (χ4n) is 2.80. The van der Waals surface area contributed by atoms with E-state index in [0.29, 0.717) is 5.56 Å². The number of hydrogen-bond acceptors (Lipinski definition) is 0. The molecule has 0 saturated carbocycles. The number of benzene rings is 4. The van der Waals surface area contributed by atoms with Crippen LogP contribution in [0.2, 0.25) is 0 Å². The summed E-state index contributed by atoms with van der Waals surface area (Å²) < 4.78 is 13.9. The van der Waals surface area contributed by atoms with Crippen molar-refractivity contribution >= 4 is 21.5 Å². The van der Waals surface area contributed by atoms with Crippen LogP contribution in [-0.2, 0) is 0 Å². The minimum absolute atomic E-state index is 0.183. The van der Waals surface area contributed by atoms with Crippen molar-refractivity contribution in [2.24, 2.45) is 0 Å². The summed E-state index contributed by atoms with van der Waals surface area (Å²) >= 11 is 0. The van der Waals surface area contributed by atoms with E-state index < -0.39 is 0 Å². The maximum atomic E-state index is 13.9. The summed E-state index contributed by atoms with van der Waals surface area (Å²) in [4.78, 5) is 0.